The fourth-order valence-electron chi connectivity index (χ4n) is 4.00. The minimum Gasteiger partial charge on any atom is -0.369 e. The van der Waals surface area contributed by atoms with Gasteiger partial charge >= 0.3 is 0 Å². The van der Waals surface area contributed by atoms with E-state index in [0.29, 0.717) is 6.42 Å². The molecule has 2 N–H and O–H groups in total. The van der Waals surface area contributed by atoms with E-state index in [0.717, 1.165) is 55.6 Å². The summed E-state index contributed by atoms with van der Waals surface area (Å²) in [5, 5.41) is 5.29. The molecule has 0 radical (unpaired) electrons. The zero-order valence-electron chi connectivity index (χ0n) is 17.5. The Morgan fingerprint density at radius 2 is 1.90 bits per heavy atom. The Kier molecular flexibility index (Phi) is 6.44. The molecular formula is C24H29N5O. The lowest BCUT2D eigenvalue weighted by Gasteiger charge is -2.36. The lowest BCUT2D eigenvalue weighted by Crippen LogP contribution is -2.47. The molecule has 1 aliphatic heterocycles. The minimum absolute atomic E-state index is 0.0502. The van der Waals surface area contributed by atoms with E-state index in [9.17, 15) is 4.79 Å². The number of amides is 1. The number of carbonyl (C=O) groups excluding carboxylic acids is 1. The van der Waals surface area contributed by atoms with Gasteiger partial charge in [-0.05, 0) is 24.1 Å². The summed E-state index contributed by atoms with van der Waals surface area (Å²) in [5.41, 5.74) is 7.34. The number of hydrogen-bond donors (Lipinski definition) is 2. The molecule has 0 bridgehead atoms. The van der Waals surface area contributed by atoms with Gasteiger partial charge in [0.1, 0.15) is 0 Å². The second kappa shape index (κ2) is 9.59. The average Bonchev–Trinajstić information content (AvgIpc) is 3.22. The largest absolute Gasteiger partial charge is 0.369 e. The van der Waals surface area contributed by atoms with Crippen molar-refractivity contribution < 1.29 is 4.79 Å². The Morgan fingerprint density at radius 3 is 2.67 bits per heavy atom. The van der Waals surface area contributed by atoms with Crippen molar-refractivity contribution in [2.45, 2.75) is 19.8 Å². The van der Waals surface area contributed by atoms with Gasteiger partial charge in [-0.3, -0.25) is 9.69 Å². The van der Waals surface area contributed by atoms with Crippen LogP contribution in [0.3, 0.4) is 0 Å². The van der Waals surface area contributed by atoms with Crippen LogP contribution in [0, 0.1) is 0 Å². The summed E-state index contributed by atoms with van der Waals surface area (Å²) in [6.07, 6.45) is 5.09. The number of carbonyl (C=O) groups is 1. The number of aromatic nitrogens is 1. The third-order valence-electron chi connectivity index (χ3n) is 5.76. The smallest absolute Gasteiger partial charge is 0.241 e. The monoisotopic (exact) mass is 403 g/mol. The highest BCUT2D eigenvalue weighted by Gasteiger charge is 2.17. The Morgan fingerprint density at radius 1 is 1.10 bits per heavy atom. The number of H-pyrrole nitrogens is 1. The normalized spacial score (nSPS) is 15.2. The highest BCUT2D eigenvalue weighted by molar-refractivity contribution is 6.00. The summed E-state index contributed by atoms with van der Waals surface area (Å²) < 4.78 is 0. The van der Waals surface area contributed by atoms with Gasteiger partial charge < -0.3 is 9.88 Å². The highest BCUT2D eigenvalue weighted by atomic mass is 16.2. The molecule has 1 amide bonds. The van der Waals surface area contributed by atoms with Crippen LogP contribution >= 0.6 is 0 Å². The van der Waals surface area contributed by atoms with Crippen molar-refractivity contribution in [3.05, 3.63) is 65.9 Å². The number of piperazine rings is 1. The van der Waals surface area contributed by atoms with E-state index in [1.54, 1.807) is 6.21 Å². The number of rotatable bonds is 7. The standard InChI is InChI=1S/C24H29N5O/c1-2-19-7-6-10-22-20(17-25-24(19)22)18-26-27-23(30)11-12-28-13-15-29(16-14-28)21-8-4-3-5-9-21/h3-10,17-18,25H,2,11-16H2,1H3,(H,27,30)/b26-18+. The van der Waals surface area contributed by atoms with Gasteiger partial charge in [0.2, 0.25) is 5.91 Å². The number of hydrogen-bond acceptors (Lipinski definition) is 4. The van der Waals surface area contributed by atoms with Crippen LogP contribution in [0.15, 0.2) is 59.8 Å². The van der Waals surface area contributed by atoms with Crippen molar-refractivity contribution in [3.63, 3.8) is 0 Å². The number of para-hydroxylation sites is 2. The summed E-state index contributed by atoms with van der Waals surface area (Å²) >= 11 is 0. The number of nitrogens with zero attached hydrogens (tertiary/aromatic N) is 3. The van der Waals surface area contributed by atoms with Gasteiger partial charge in [-0.15, -0.1) is 0 Å². The molecule has 6 heteroatoms. The van der Waals surface area contributed by atoms with Crippen LogP contribution in [0.2, 0.25) is 0 Å². The molecule has 6 nitrogen and oxygen atoms in total. The molecule has 0 spiro atoms. The molecule has 2 heterocycles. The molecule has 1 fully saturated rings. The van der Waals surface area contributed by atoms with Gasteiger partial charge in [0, 0.05) is 67.5 Å². The third-order valence-corrected chi connectivity index (χ3v) is 5.76. The van der Waals surface area contributed by atoms with E-state index in [4.69, 9.17) is 0 Å². The molecule has 1 aromatic heterocycles. The first-order valence-electron chi connectivity index (χ1n) is 10.7. The number of aromatic amines is 1. The van der Waals surface area contributed by atoms with Crippen LogP contribution in [0.4, 0.5) is 5.69 Å². The first kappa shape index (κ1) is 20.2. The fourth-order valence-corrected chi connectivity index (χ4v) is 4.00. The Hall–Kier alpha value is -3.12. The van der Waals surface area contributed by atoms with Gasteiger partial charge in [0.05, 0.1) is 6.21 Å². The second-order valence-corrected chi connectivity index (χ2v) is 7.64. The molecule has 156 valence electrons. The van der Waals surface area contributed by atoms with Gasteiger partial charge in [0.15, 0.2) is 0 Å². The lowest BCUT2D eigenvalue weighted by atomic mass is 10.1. The van der Waals surface area contributed by atoms with E-state index < -0.39 is 0 Å². The third kappa shape index (κ3) is 4.71. The topological polar surface area (TPSA) is 63.7 Å². The second-order valence-electron chi connectivity index (χ2n) is 7.64. The number of benzene rings is 2. The number of aryl methyl sites for hydroxylation is 1. The maximum absolute atomic E-state index is 12.2. The molecule has 0 atom stereocenters. The molecule has 0 unspecified atom stereocenters. The van der Waals surface area contributed by atoms with Crippen LogP contribution in [-0.4, -0.2) is 54.7 Å². The molecule has 1 saturated heterocycles. The first-order valence-corrected chi connectivity index (χ1v) is 10.7. The fraction of sp³-hybridized carbons (Fsp3) is 0.333. The highest BCUT2D eigenvalue weighted by Crippen LogP contribution is 2.21. The molecule has 4 rings (SSSR count). The van der Waals surface area contributed by atoms with Crippen LogP contribution in [-0.2, 0) is 11.2 Å². The van der Waals surface area contributed by atoms with Crippen LogP contribution in [0.1, 0.15) is 24.5 Å². The Balaban J connectivity index is 1.22. The summed E-state index contributed by atoms with van der Waals surface area (Å²) in [4.78, 5) is 20.2. The van der Waals surface area contributed by atoms with Crippen LogP contribution < -0.4 is 10.3 Å². The number of anilines is 1. The summed E-state index contributed by atoms with van der Waals surface area (Å²) in [6, 6.07) is 16.8. The van der Waals surface area contributed by atoms with Gasteiger partial charge in [-0.2, -0.15) is 5.10 Å². The van der Waals surface area contributed by atoms with Gasteiger partial charge in [-0.1, -0.05) is 43.3 Å². The van der Waals surface area contributed by atoms with Crippen molar-refractivity contribution in [1.82, 2.24) is 15.3 Å². The number of fused-ring (bicyclic) bond motifs is 1. The lowest BCUT2D eigenvalue weighted by molar-refractivity contribution is -0.121. The zero-order chi connectivity index (χ0) is 20.8. The predicted octanol–water partition coefficient (Wildman–Crippen LogP) is 3.39. The summed E-state index contributed by atoms with van der Waals surface area (Å²) in [7, 11) is 0. The van der Waals surface area contributed by atoms with Crippen molar-refractivity contribution >= 4 is 28.7 Å². The van der Waals surface area contributed by atoms with E-state index in [2.05, 4.69) is 74.7 Å². The van der Waals surface area contributed by atoms with E-state index in [-0.39, 0.29) is 5.91 Å². The molecule has 1 aliphatic rings. The molecule has 30 heavy (non-hydrogen) atoms. The van der Waals surface area contributed by atoms with Crippen LogP contribution in [0.25, 0.3) is 10.9 Å². The quantitative estimate of drug-likeness (QED) is 0.469. The van der Waals surface area contributed by atoms with Crippen molar-refractivity contribution in [2.24, 2.45) is 5.10 Å². The summed E-state index contributed by atoms with van der Waals surface area (Å²) in [5.74, 6) is -0.0502. The maximum Gasteiger partial charge on any atom is 0.241 e. The molecule has 3 aromatic rings. The van der Waals surface area contributed by atoms with Crippen molar-refractivity contribution in [2.75, 3.05) is 37.6 Å². The molecule has 0 saturated carbocycles. The molecule has 0 aliphatic carbocycles. The van der Waals surface area contributed by atoms with Crippen LogP contribution in [0.5, 0.6) is 0 Å². The number of nitrogens with one attached hydrogen (secondary N) is 2. The SMILES string of the molecule is CCc1cccc2c(/C=N/NC(=O)CCN3CCN(c4ccccc4)CC3)c[nH]c12. The van der Waals surface area contributed by atoms with E-state index >= 15 is 0 Å². The van der Waals surface area contributed by atoms with Gasteiger partial charge in [0.25, 0.3) is 0 Å². The molecule has 2 aromatic carbocycles. The first-order chi connectivity index (χ1) is 14.7. The minimum atomic E-state index is -0.0502. The van der Waals surface area contributed by atoms with E-state index in [1.807, 2.05) is 12.3 Å². The Labute approximate surface area is 177 Å². The Bertz CT molecular complexity index is 1000. The van der Waals surface area contributed by atoms with Crippen molar-refractivity contribution in [1.29, 1.82) is 0 Å². The van der Waals surface area contributed by atoms with Crippen molar-refractivity contribution in [3.8, 4) is 0 Å². The van der Waals surface area contributed by atoms with E-state index in [1.165, 1.54) is 11.3 Å². The van der Waals surface area contributed by atoms with Gasteiger partial charge in [-0.25, -0.2) is 5.43 Å². The zero-order valence-corrected chi connectivity index (χ0v) is 17.5. The predicted molar refractivity (Wildman–Crippen MR) is 123 cm³/mol. The average molecular weight is 404 g/mol. The maximum atomic E-state index is 12.2. The number of hydrazone groups is 1. The summed E-state index contributed by atoms with van der Waals surface area (Å²) in [6.45, 7) is 6.83. The molecular weight excluding hydrogens is 374 g/mol.